The summed E-state index contributed by atoms with van der Waals surface area (Å²) in [5, 5.41) is 6.08. The highest BCUT2D eigenvalue weighted by molar-refractivity contribution is 5.85. The molecule has 1 heterocycles. The average Bonchev–Trinajstić information content (AvgIpc) is 2.52. The van der Waals surface area contributed by atoms with E-state index in [1.807, 2.05) is 6.07 Å². The van der Waals surface area contributed by atoms with Gasteiger partial charge in [-0.2, -0.15) is 0 Å². The molecule has 1 fully saturated rings. The Balaban J connectivity index is 0.00000264. The quantitative estimate of drug-likeness (QED) is 0.736. The lowest BCUT2D eigenvalue weighted by Gasteiger charge is -2.38. The fourth-order valence-corrected chi connectivity index (χ4v) is 2.68. The molecule has 0 unspecified atom stereocenters. The van der Waals surface area contributed by atoms with Gasteiger partial charge in [0.05, 0.1) is 18.7 Å². The first-order valence-corrected chi connectivity index (χ1v) is 7.51. The van der Waals surface area contributed by atoms with Gasteiger partial charge in [-0.1, -0.05) is 12.1 Å². The fourth-order valence-electron chi connectivity index (χ4n) is 2.68. The van der Waals surface area contributed by atoms with E-state index in [1.54, 1.807) is 13.2 Å². The third-order valence-electron chi connectivity index (χ3n) is 3.87. The second kappa shape index (κ2) is 9.82. The van der Waals surface area contributed by atoms with E-state index in [9.17, 15) is 9.18 Å². The van der Waals surface area contributed by atoms with Crippen LogP contribution < -0.4 is 10.6 Å². The Morgan fingerprint density at radius 1 is 1.39 bits per heavy atom. The summed E-state index contributed by atoms with van der Waals surface area (Å²) in [6.07, 6.45) is 1.28. The van der Waals surface area contributed by atoms with E-state index in [4.69, 9.17) is 9.47 Å². The standard InChI is InChI=1S/C16H23FN2O3.ClH/c1-21-10-7-18-12-15(20)19-16(5-8-22-9-6-16)13-3-2-4-14(17)11-13;/h2-4,11,18H,5-10,12H2,1H3,(H,19,20);1H. The van der Waals surface area contributed by atoms with Gasteiger partial charge >= 0.3 is 0 Å². The van der Waals surface area contributed by atoms with Crippen molar-refractivity contribution in [2.75, 3.05) is 40.0 Å². The van der Waals surface area contributed by atoms with Gasteiger partial charge in [-0.05, 0) is 30.5 Å². The molecule has 1 aromatic rings. The summed E-state index contributed by atoms with van der Waals surface area (Å²) >= 11 is 0. The highest BCUT2D eigenvalue weighted by Crippen LogP contribution is 2.32. The van der Waals surface area contributed by atoms with E-state index in [0.29, 0.717) is 39.2 Å². The van der Waals surface area contributed by atoms with Crippen molar-refractivity contribution < 1.29 is 18.7 Å². The minimum Gasteiger partial charge on any atom is -0.383 e. The molecule has 2 N–H and O–H groups in total. The van der Waals surface area contributed by atoms with Gasteiger partial charge in [0, 0.05) is 26.9 Å². The predicted molar refractivity (Wildman–Crippen MR) is 88.3 cm³/mol. The van der Waals surface area contributed by atoms with Crippen molar-refractivity contribution in [3.8, 4) is 0 Å². The molecule has 1 aliphatic rings. The molecule has 0 radical (unpaired) electrons. The zero-order valence-corrected chi connectivity index (χ0v) is 14.1. The third-order valence-corrected chi connectivity index (χ3v) is 3.87. The first kappa shape index (κ1) is 19.8. The van der Waals surface area contributed by atoms with Gasteiger partial charge in [-0.3, -0.25) is 4.79 Å². The summed E-state index contributed by atoms with van der Waals surface area (Å²) in [6, 6.07) is 6.42. The summed E-state index contributed by atoms with van der Waals surface area (Å²) in [6.45, 7) is 2.47. The molecule has 1 aliphatic heterocycles. The highest BCUT2D eigenvalue weighted by Gasteiger charge is 2.36. The fraction of sp³-hybridized carbons (Fsp3) is 0.562. The molecule has 23 heavy (non-hydrogen) atoms. The number of ether oxygens (including phenoxy) is 2. The maximum absolute atomic E-state index is 13.5. The van der Waals surface area contributed by atoms with Crippen LogP contribution in [0.2, 0.25) is 0 Å². The summed E-state index contributed by atoms with van der Waals surface area (Å²) in [4.78, 5) is 12.2. The van der Waals surface area contributed by atoms with Gasteiger partial charge in [0.15, 0.2) is 0 Å². The molecule has 1 saturated heterocycles. The van der Waals surface area contributed by atoms with Crippen LogP contribution in [0.1, 0.15) is 18.4 Å². The van der Waals surface area contributed by atoms with E-state index < -0.39 is 5.54 Å². The Hall–Kier alpha value is -1.21. The highest BCUT2D eigenvalue weighted by atomic mass is 35.5. The number of halogens is 2. The SMILES string of the molecule is COCCNCC(=O)NC1(c2cccc(F)c2)CCOCC1.Cl. The second-order valence-corrected chi connectivity index (χ2v) is 5.42. The Morgan fingerprint density at radius 3 is 2.78 bits per heavy atom. The van der Waals surface area contributed by atoms with Crippen LogP contribution in [0, 0.1) is 5.82 Å². The molecule has 2 rings (SSSR count). The maximum Gasteiger partial charge on any atom is 0.234 e. The van der Waals surface area contributed by atoms with Gasteiger partial charge in [-0.25, -0.2) is 4.39 Å². The van der Waals surface area contributed by atoms with Crippen molar-refractivity contribution >= 4 is 18.3 Å². The minimum absolute atomic E-state index is 0. The van der Waals surface area contributed by atoms with Crippen molar-refractivity contribution in [2.24, 2.45) is 0 Å². The second-order valence-electron chi connectivity index (χ2n) is 5.42. The first-order chi connectivity index (χ1) is 10.7. The number of hydrogen-bond donors (Lipinski definition) is 2. The summed E-state index contributed by atoms with van der Waals surface area (Å²) in [5.74, 6) is -0.405. The molecule has 7 heteroatoms. The van der Waals surface area contributed by atoms with Crippen LogP contribution in [0.3, 0.4) is 0 Å². The lowest BCUT2D eigenvalue weighted by atomic mass is 9.82. The number of carbonyl (C=O) groups is 1. The molecule has 0 saturated carbocycles. The molecule has 1 aromatic carbocycles. The third kappa shape index (κ3) is 5.73. The van der Waals surface area contributed by atoms with Gasteiger partial charge in [0.1, 0.15) is 5.82 Å². The number of methoxy groups -OCH3 is 1. The molecule has 0 aliphatic carbocycles. The normalized spacial score (nSPS) is 16.4. The molecule has 0 bridgehead atoms. The van der Waals surface area contributed by atoms with Gasteiger partial charge in [-0.15, -0.1) is 12.4 Å². The Morgan fingerprint density at radius 2 is 2.13 bits per heavy atom. The van der Waals surface area contributed by atoms with Crippen molar-refractivity contribution in [2.45, 2.75) is 18.4 Å². The van der Waals surface area contributed by atoms with Gasteiger partial charge in [0.2, 0.25) is 5.91 Å². The van der Waals surface area contributed by atoms with E-state index in [0.717, 1.165) is 5.56 Å². The minimum atomic E-state index is -0.555. The Bertz CT molecular complexity index is 496. The molecule has 0 atom stereocenters. The molecule has 0 spiro atoms. The summed E-state index contributed by atoms with van der Waals surface area (Å²) < 4.78 is 23.9. The number of carbonyl (C=O) groups excluding carboxylic acids is 1. The average molecular weight is 347 g/mol. The van der Waals surface area contributed by atoms with Gasteiger partial charge < -0.3 is 20.1 Å². The zero-order valence-electron chi connectivity index (χ0n) is 13.3. The van der Waals surface area contributed by atoms with E-state index in [2.05, 4.69) is 10.6 Å². The molecule has 0 aromatic heterocycles. The van der Waals surface area contributed by atoms with Crippen molar-refractivity contribution in [3.05, 3.63) is 35.6 Å². The first-order valence-electron chi connectivity index (χ1n) is 7.51. The van der Waals surface area contributed by atoms with Crippen LogP contribution in [-0.2, 0) is 19.8 Å². The van der Waals surface area contributed by atoms with Crippen LogP contribution in [0.25, 0.3) is 0 Å². The number of hydrogen-bond acceptors (Lipinski definition) is 4. The molecule has 130 valence electrons. The molecular formula is C16H24ClFN2O3. The molecule has 5 nitrogen and oxygen atoms in total. The van der Waals surface area contributed by atoms with Gasteiger partial charge in [0.25, 0.3) is 0 Å². The van der Waals surface area contributed by atoms with E-state index in [1.165, 1.54) is 12.1 Å². The largest absolute Gasteiger partial charge is 0.383 e. The van der Waals surface area contributed by atoms with Crippen molar-refractivity contribution in [3.63, 3.8) is 0 Å². The van der Waals surface area contributed by atoms with E-state index in [-0.39, 0.29) is 30.7 Å². The van der Waals surface area contributed by atoms with Crippen LogP contribution >= 0.6 is 12.4 Å². The molecular weight excluding hydrogens is 323 g/mol. The predicted octanol–water partition coefficient (Wildman–Crippen LogP) is 1.61. The lowest BCUT2D eigenvalue weighted by Crippen LogP contribution is -2.51. The van der Waals surface area contributed by atoms with E-state index >= 15 is 0 Å². The number of benzene rings is 1. The Labute approximate surface area is 142 Å². The zero-order chi connectivity index (χ0) is 15.8. The monoisotopic (exact) mass is 346 g/mol. The number of rotatable bonds is 7. The number of nitrogens with one attached hydrogen (secondary N) is 2. The smallest absolute Gasteiger partial charge is 0.234 e. The van der Waals surface area contributed by atoms with Crippen molar-refractivity contribution in [1.82, 2.24) is 10.6 Å². The summed E-state index contributed by atoms with van der Waals surface area (Å²) in [7, 11) is 1.61. The molecule has 1 amide bonds. The topological polar surface area (TPSA) is 59.6 Å². The van der Waals surface area contributed by atoms with Crippen molar-refractivity contribution in [1.29, 1.82) is 0 Å². The van der Waals surface area contributed by atoms with Crippen LogP contribution in [0.15, 0.2) is 24.3 Å². The summed E-state index contributed by atoms with van der Waals surface area (Å²) in [5.41, 5.74) is 0.237. The lowest BCUT2D eigenvalue weighted by molar-refractivity contribution is -0.123. The Kier molecular flexibility index (Phi) is 8.47. The maximum atomic E-state index is 13.5. The van der Waals surface area contributed by atoms with Crippen LogP contribution in [0.4, 0.5) is 4.39 Å². The van der Waals surface area contributed by atoms with Crippen LogP contribution in [-0.4, -0.2) is 45.9 Å². The van der Waals surface area contributed by atoms with Crippen LogP contribution in [0.5, 0.6) is 0 Å². The number of amides is 1.